The van der Waals surface area contributed by atoms with Crippen LogP contribution in [0.1, 0.15) is 43.9 Å². The number of hydrogen-bond acceptors (Lipinski definition) is 3. The number of benzene rings is 1. The summed E-state index contributed by atoms with van der Waals surface area (Å²) in [5.74, 6) is -0.328. The van der Waals surface area contributed by atoms with Gasteiger partial charge in [0.1, 0.15) is 0 Å². The fraction of sp³-hybridized carbons (Fsp3) is 0.471. The van der Waals surface area contributed by atoms with Gasteiger partial charge in [-0.15, -0.1) is 0 Å². The fourth-order valence-electron chi connectivity index (χ4n) is 3.13. The SMILES string of the molecule is CCc1c(C)ccc2c1n(C)c(=O)n2C(C)CCC(=O)NC=O. The number of nitrogens with zero attached hydrogens (tertiary/aromatic N) is 2. The van der Waals surface area contributed by atoms with Gasteiger partial charge in [0, 0.05) is 19.5 Å². The maximum atomic E-state index is 12.6. The molecular weight excluding hydrogens is 294 g/mol. The van der Waals surface area contributed by atoms with Crippen LogP contribution >= 0.6 is 0 Å². The Morgan fingerprint density at radius 1 is 1.39 bits per heavy atom. The van der Waals surface area contributed by atoms with Crippen LogP contribution in [0.15, 0.2) is 16.9 Å². The van der Waals surface area contributed by atoms with E-state index in [2.05, 4.69) is 12.2 Å². The lowest BCUT2D eigenvalue weighted by atomic mass is 10.0. The van der Waals surface area contributed by atoms with Gasteiger partial charge in [0.15, 0.2) is 0 Å². The van der Waals surface area contributed by atoms with Gasteiger partial charge in [0.05, 0.1) is 11.0 Å². The van der Waals surface area contributed by atoms with Crippen LogP contribution in [-0.4, -0.2) is 21.5 Å². The molecule has 0 saturated carbocycles. The molecule has 0 saturated heterocycles. The van der Waals surface area contributed by atoms with Crippen molar-refractivity contribution >= 4 is 23.4 Å². The first kappa shape index (κ1) is 17.0. The van der Waals surface area contributed by atoms with E-state index in [9.17, 15) is 14.4 Å². The Hall–Kier alpha value is -2.37. The standard InChI is InChI=1S/C17H23N3O3/c1-5-13-11(2)6-8-14-16(13)19(4)17(23)20(14)12(3)7-9-15(22)18-10-21/h6,8,10,12H,5,7,9H2,1-4H3,(H,18,21,22). The molecule has 1 heterocycles. The van der Waals surface area contributed by atoms with Crippen molar-refractivity contribution in [2.24, 2.45) is 7.05 Å². The number of hydrogen-bond donors (Lipinski definition) is 1. The first-order valence-corrected chi connectivity index (χ1v) is 7.84. The molecule has 0 spiro atoms. The number of carbonyl (C=O) groups excluding carboxylic acids is 2. The van der Waals surface area contributed by atoms with Gasteiger partial charge >= 0.3 is 5.69 Å². The highest BCUT2D eigenvalue weighted by Gasteiger charge is 2.19. The van der Waals surface area contributed by atoms with E-state index in [0.717, 1.165) is 17.5 Å². The van der Waals surface area contributed by atoms with Gasteiger partial charge < -0.3 is 0 Å². The average Bonchev–Trinajstić information content (AvgIpc) is 2.77. The number of imide groups is 1. The minimum absolute atomic E-state index is 0.0800. The fourth-order valence-corrected chi connectivity index (χ4v) is 3.13. The number of nitrogens with one attached hydrogen (secondary N) is 1. The lowest BCUT2D eigenvalue weighted by Gasteiger charge is -2.13. The van der Waals surface area contributed by atoms with Crippen LogP contribution in [0.4, 0.5) is 0 Å². The van der Waals surface area contributed by atoms with Crippen molar-refractivity contribution in [1.29, 1.82) is 0 Å². The van der Waals surface area contributed by atoms with Crippen molar-refractivity contribution in [3.05, 3.63) is 33.7 Å². The van der Waals surface area contributed by atoms with Gasteiger partial charge in [0.25, 0.3) is 0 Å². The van der Waals surface area contributed by atoms with Crippen LogP contribution in [0.3, 0.4) is 0 Å². The van der Waals surface area contributed by atoms with Crippen molar-refractivity contribution in [3.63, 3.8) is 0 Å². The van der Waals surface area contributed by atoms with E-state index in [1.165, 1.54) is 11.1 Å². The lowest BCUT2D eigenvalue weighted by Crippen LogP contribution is -2.27. The van der Waals surface area contributed by atoms with Gasteiger partial charge in [-0.05, 0) is 43.9 Å². The van der Waals surface area contributed by atoms with E-state index in [4.69, 9.17) is 0 Å². The number of aromatic nitrogens is 2. The number of carbonyl (C=O) groups is 2. The molecule has 1 atom stereocenters. The number of imidazole rings is 1. The third-order valence-corrected chi connectivity index (χ3v) is 4.39. The van der Waals surface area contributed by atoms with E-state index >= 15 is 0 Å². The van der Waals surface area contributed by atoms with Crippen LogP contribution in [0.25, 0.3) is 11.0 Å². The largest absolute Gasteiger partial charge is 0.329 e. The first-order chi connectivity index (χ1) is 10.9. The van der Waals surface area contributed by atoms with Crippen molar-refractivity contribution in [3.8, 4) is 0 Å². The normalized spacial score (nSPS) is 12.3. The molecule has 23 heavy (non-hydrogen) atoms. The second kappa shape index (κ2) is 6.81. The smallest absolute Gasteiger partial charge is 0.299 e. The van der Waals surface area contributed by atoms with Gasteiger partial charge in [-0.1, -0.05) is 13.0 Å². The molecule has 1 aromatic heterocycles. The molecule has 6 nitrogen and oxygen atoms in total. The van der Waals surface area contributed by atoms with E-state index in [1.807, 2.05) is 26.0 Å². The highest BCUT2D eigenvalue weighted by atomic mass is 16.2. The monoisotopic (exact) mass is 317 g/mol. The number of amides is 2. The van der Waals surface area contributed by atoms with Crippen LogP contribution < -0.4 is 11.0 Å². The zero-order chi connectivity index (χ0) is 17.1. The molecule has 0 bridgehead atoms. The van der Waals surface area contributed by atoms with Crippen LogP contribution in [0, 0.1) is 6.92 Å². The van der Waals surface area contributed by atoms with Crippen molar-refractivity contribution in [2.75, 3.05) is 0 Å². The second-order valence-corrected chi connectivity index (χ2v) is 5.87. The maximum Gasteiger partial charge on any atom is 0.329 e. The van der Waals surface area contributed by atoms with Gasteiger partial charge in [-0.2, -0.15) is 0 Å². The summed E-state index contributed by atoms with van der Waals surface area (Å²) in [6.07, 6.45) is 1.94. The van der Waals surface area contributed by atoms with Gasteiger partial charge in [0.2, 0.25) is 12.3 Å². The van der Waals surface area contributed by atoms with Gasteiger partial charge in [-0.3, -0.25) is 24.0 Å². The maximum absolute atomic E-state index is 12.6. The molecule has 2 amide bonds. The molecule has 0 aliphatic heterocycles. The molecule has 1 N–H and O–H groups in total. The van der Waals surface area contributed by atoms with E-state index in [0.29, 0.717) is 12.8 Å². The van der Waals surface area contributed by atoms with Crippen molar-refractivity contribution < 1.29 is 9.59 Å². The van der Waals surface area contributed by atoms with Crippen LogP contribution in [-0.2, 0) is 23.1 Å². The molecule has 2 aromatic rings. The third-order valence-electron chi connectivity index (χ3n) is 4.39. The number of aryl methyl sites for hydroxylation is 3. The van der Waals surface area contributed by atoms with E-state index < -0.39 is 0 Å². The molecule has 1 unspecified atom stereocenters. The third kappa shape index (κ3) is 3.06. The molecular formula is C17H23N3O3. The summed E-state index contributed by atoms with van der Waals surface area (Å²) in [5.41, 5.74) is 4.12. The first-order valence-electron chi connectivity index (χ1n) is 7.84. The summed E-state index contributed by atoms with van der Waals surface area (Å²) >= 11 is 0. The summed E-state index contributed by atoms with van der Waals surface area (Å²) in [6.45, 7) is 6.05. The molecule has 6 heteroatoms. The minimum Gasteiger partial charge on any atom is -0.299 e. The summed E-state index contributed by atoms with van der Waals surface area (Å²) in [5, 5.41) is 2.12. The lowest BCUT2D eigenvalue weighted by molar-refractivity contribution is -0.125. The predicted octanol–water partition coefficient (Wildman–Crippen LogP) is 1.82. The molecule has 0 fully saturated rings. The summed E-state index contributed by atoms with van der Waals surface area (Å²) in [7, 11) is 1.78. The topological polar surface area (TPSA) is 73.1 Å². The molecule has 1 aromatic carbocycles. The Bertz CT molecular complexity index is 801. The van der Waals surface area contributed by atoms with Crippen molar-refractivity contribution in [1.82, 2.24) is 14.5 Å². The molecule has 0 radical (unpaired) electrons. The zero-order valence-corrected chi connectivity index (χ0v) is 14.0. The average molecular weight is 317 g/mol. The highest BCUT2D eigenvalue weighted by molar-refractivity contribution is 5.85. The second-order valence-electron chi connectivity index (χ2n) is 5.87. The van der Waals surface area contributed by atoms with Crippen molar-refractivity contribution in [2.45, 2.75) is 46.1 Å². The Balaban J connectivity index is 2.45. The summed E-state index contributed by atoms with van der Waals surface area (Å²) < 4.78 is 3.42. The molecule has 124 valence electrons. The Morgan fingerprint density at radius 2 is 2.09 bits per heavy atom. The molecule has 0 aliphatic rings. The Labute approximate surface area is 135 Å². The van der Waals surface area contributed by atoms with E-state index in [1.54, 1.807) is 16.2 Å². The zero-order valence-electron chi connectivity index (χ0n) is 14.0. The molecule has 2 rings (SSSR count). The minimum atomic E-state index is -0.328. The number of rotatable bonds is 6. The van der Waals surface area contributed by atoms with Gasteiger partial charge in [-0.25, -0.2) is 4.79 Å². The Morgan fingerprint density at radius 3 is 2.70 bits per heavy atom. The van der Waals surface area contributed by atoms with Crippen LogP contribution in [0.2, 0.25) is 0 Å². The van der Waals surface area contributed by atoms with Crippen LogP contribution in [0.5, 0.6) is 0 Å². The Kier molecular flexibility index (Phi) is 5.03. The van der Waals surface area contributed by atoms with E-state index in [-0.39, 0.29) is 24.1 Å². The highest BCUT2D eigenvalue weighted by Crippen LogP contribution is 2.25. The quantitative estimate of drug-likeness (QED) is 0.826. The molecule has 0 aliphatic carbocycles. The number of fused-ring (bicyclic) bond motifs is 1. The summed E-state index contributed by atoms with van der Waals surface area (Å²) in [6, 6.07) is 3.87. The summed E-state index contributed by atoms with van der Waals surface area (Å²) in [4.78, 5) is 34.4. The predicted molar refractivity (Wildman–Crippen MR) is 89.4 cm³/mol.